The number of aromatic nitrogens is 1. The van der Waals surface area contributed by atoms with Crippen molar-refractivity contribution in [2.24, 2.45) is 17.8 Å². The second kappa shape index (κ2) is 6.38. The van der Waals surface area contributed by atoms with Crippen LogP contribution >= 0.6 is 0 Å². The lowest BCUT2D eigenvalue weighted by molar-refractivity contribution is 0.0937. The topological polar surface area (TPSA) is 68.0 Å². The number of carbonyl (C=O) groups excluding carboxylic acids is 1. The highest BCUT2D eigenvalue weighted by Gasteiger charge is 2.18. The van der Waals surface area contributed by atoms with Crippen LogP contribution in [0.3, 0.4) is 0 Å². The Balaban J connectivity index is 2.57. The lowest BCUT2D eigenvalue weighted by Crippen LogP contribution is -2.34. The Labute approximate surface area is 109 Å². The van der Waals surface area contributed by atoms with Crippen molar-refractivity contribution in [3.8, 4) is 0 Å². The zero-order valence-corrected chi connectivity index (χ0v) is 11.6. The average Bonchev–Trinajstić information content (AvgIpc) is 2.28. The van der Waals surface area contributed by atoms with Crippen LogP contribution in [-0.4, -0.2) is 17.4 Å². The van der Waals surface area contributed by atoms with Crippen molar-refractivity contribution in [2.75, 3.05) is 12.3 Å². The first-order valence-corrected chi connectivity index (χ1v) is 6.41. The third kappa shape index (κ3) is 4.02. The highest BCUT2D eigenvalue weighted by atomic mass is 16.1. The summed E-state index contributed by atoms with van der Waals surface area (Å²) >= 11 is 0. The minimum atomic E-state index is -0.0891. The molecule has 0 saturated heterocycles. The largest absolute Gasteiger partial charge is 0.384 e. The molecule has 1 aromatic rings. The first-order chi connectivity index (χ1) is 8.41. The number of hydrogen-bond donors (Lipinski definition) is 2. The van der Waals surface area contributed by atoms with Gasteiger partial charge in [0.25, 0.3) is 5.91 Å². The van der Waals surface area contributed by atoms with Gasteiger partial charge in [-0.2, -0.15) is 0 Å². The van der Waals surface area contributed by atoms with Gasteiger partial charge in [0.15, 0.2) is 0 Å². The van der Waals surface area contributed by atoms with Gasteiger partial charge < -0.3 is 11.1 Å². The van der Waals surface area contributed by atoms with E-state index in [0.717, 1.165) is 0 Å². The Morgan fingerprint density at radius 2 is 1.89 bits per heavy atom. The van der Waals surface area contributed by atoms with Crippen molar-refractivity contribution < 1.29 is 4.79 Å². The van der Waals surface area contributed by atoms with Gasteiger partial charge in [0, 0.05) is 12.7 Å². The molecule has 0 aliphatic rings. The van der Waals surface area contributed by atoms with Crippen molar-refractivity contribution in [3.63, 3.8) is 0 Å². The van der Waals surface area contributed by atoms with Crippen molar-refractivity contribution in [1.82, 2.24) is 10.3 Å². The fourth-order valence-corrected chi connectivity index (χ4v) is 2.09. The van der Waals surface area contributed by atoms with E-state index in [-0.39, 0.29) is 5.91 Å². The molecule has 4 nitrogen and oxygen atoms in total. The quantitative estimate of drug-likeness (QED) is 0.841. The summed E-state index contributed by atoms with van der Waals surface area (Å²) in [5.74, 6) is 1.92. The number of anilines is 1. The number of hydrogen-bond acceptors (Lipinski definition) is 3. The lowest BCUT2D eigenvalue weighted by Gasteiger charge is -2.25. The van der Waals surface area contributed by atoms with Crippen molar-refractivity contribution in [1.29, 1.82) is 0 Å². The van der Waals surface area contributed by atoms with Crippen molar-refractivity contribution in [3.05, 3.63) is 23.9 Å². The number of pyridine rings is 1. The summed E-state index contributed by atoms with van der Waals surface area (Å²) < 4.78 is 0. The molecule has 0 fully saturated rings. The van der Waals surface area contributed by atoms with Crippen LogP contribution in [0, 0.1) is 17.8 Å². The van der Waals surface area contributed by atoms with Gasteiger partial charge in [0.05, 0.1) is 5.56 Å². The number of nitrogens with one attached hydrogen (secondary N) is 1. The maximum absolute atomic E-state index is 11.9. The zero-order valence-electron chi connectivity index (χ0n) is 11.6. The molecule has 0 radical (unpaired) electrons. The van der Waals surface area contributed by atoms with Gasteiger partial charge in [0.2, 0.25) is 0 Å². The molecule has 0 spiro atoms. The van der Waals surface area contributed by atoms with Crippen LogP contribution in [0.5, 0.6) is 0 Å². The van der Waals surface area contributed by atoms with Gasteiger partial charge >= 0.3 is 0 Å². The maximum Gasteiger partial charge on any atom is 0.252 e. The Kier molecular flexibility index (Phi) is 5.13. The first-order valence-electron chi connectivity index (χ1n) is 6.41. The number of amides is 1. The average molecular weight is 249 g/mol. The van der Waals surface area contributed by atoms with Crippen LogP contribution in [0.1, 0.15) is 38.1 Å². The molecule has 18 heavy (non-hydrogen) atoms. The summed E-state index contributed by atoms with van der Waals surface area (Å²) in [6.07, 6.45) is 1.50. The second-order valence-electron chi connectivity index (χ2n) is 5.33. The molecule has 0 atom stereocenters. The van der Waals surface area contributed by atoms with Gasteiger partial charge in [0.1, 0.15) is 5.82 Å². The molecule has 0 bridgehead atoms. The van der Waals surface area contributed by atoms with Crippen LogP contribution in [0.15, 0.2) is 18.3 Å². The van der Waals surface area contributed by atoms with Gasteiger partial charge in [-0.05, 0) is 29.9 Å². The van der Waals surface area contributed by atoms with Crippen LogP contribution < -0.4 is 11.1 Å². The standard InChI is InChI=1S/C14H23N3O/c1-9(2)12(10(3)4)8-17-14(18)11-5-6-13(15)16-7-11/h5-7,9-10,12H,8H2,1-4H3,(H2,15,16)(H,17,18). The second-order valence-corrected chi connectivity index (χ2v) is 5.33. The molecular weight excluding hydrogens is 226 g/mol. The minimum Gasteiger partial charge on any atom is -0.384 e. The van der Waals surface area contributed by atoms with E-state index < -0.39 is 0 Å². The summed E-state index contributed by atoms with van der Waals surface area (Å²) in [5, 5.41) is 2.96. The Bertz CT molecular complexity index is 377. The lowest BCUT2D eigenvalue weighted by atomic mass is 9.85. The summed E-state index contributed by atoms with van der Waals surface area (Å²) in [4.78, 5) is 15.8. The van der Waals surface area contributed by atoms with Gasteiger partial charge in [-0.25, -0.2) is 4.98 Å². The molecular formula is C14H23N3O. The monoisotopic (exact) mass is 249 g/mol. The number of rotatable bonds is 5. The van der Waals surface area contributed by atoms with Gasteiger partial charge in [-0.1, -0.05) is 27.7 Å². The molecule has 0 unspecified atom stereocenters. The normalized spacial score (nSPS) is 11.3. The van der Waals surface area contributed by atoms with E-state index in [4.69, 9.17) is 5.73 Å². The molecule has 1 aromatic heterocycles. The highest BCUT2D eigenvalue weighted by Crippen LogP contribution is 2.19. The van der Waals surface area contributed by atoms with Crippen LogP contribution in [0.25, 0.3) is 0 Å². The highest BCUT2D eigenvalue weighted by molar-refractivity contribution is 5.93. The molecule has 1 amide bonds. The SMILES string of the molecule is CC(C)C(CNC(=O)c1ccc(N)nc1)C(C)C. The van der Waals surface area contributed by atoms with Crippen molar-refractivity contribution in [2.45, 2.75) is 27.7 Å². The summed E-state index contributed by atoms with van der Waals surface area (Å²) in [5.41, 5.74) is 6.04. The van der Waals surface area contributed by atoms with Crippen LogP contribution in [0.2, 0.25) is 0 Å². The van der Waals surface area contributed by atoms with E-state index in [1.807, 2.05) is 0 Å². The number of nitrogens with zero attached hydrogens (tertiary/aromatic N) is 1. The molecule has 1 rings (SSSR count). The smallest absolute Gasteiger partial charge is 0.252 e. The van der Waals surface area contributed by atoms with Crippen molar-refractivity contribution >= 4 is 11.7 Å². The summed E-state index contributed by atoms with van der Waals surface area (Å²) in [7, 11) is 0. The van der Waals surface area contributed by atoms with E-state index in [0.29, 0.717) is 35.7 Å². The maximum atomic E-state index is 11.9. The molecule has 100 valence electrons. The third-order valence-electron chi connectivity index (χ3n) is 3.26. The zero-order chi connectivity index (χ0) is 13.7. The van der Waals surface area contributed by atoms with E-state index in [1.165, 1.54) is 6.20 Å². The molecule has 0 aliphatic heterocycles. The molecule has 0 saturated carbocycles. The number of nitrogens with two attached hydrogens (primary N) is 1. The summed E-state index contributed by atoms with van der Waals surface area (Å²) in [6, 6.07) is 3.33. The Hall–Kier alpha value is -1.58. The molecule has 3 N–H and O–H groups in total. The Morgan fingerprint density at radius 1 is 1.28 bits per heavy atom. The Morgan fingerprint density at radius 3 is 2.33 bits per heavy atom. The number of nitrogen functional groups attached to an aromatic ring is 1. The molecule has 0 aromatic carbocycles. The summed E-state index contributed by atoms with van der Waals surface area (Å²) in [6.45, 7) is 9.42. The molecule has 0 aliphatic carbocycles. The fourth-order valence-electron chi connectivity index (χ4n) is 2.09. The first kappa shape index (κ1) is 14.5. The molecule has 1 heterocycles. The van der Waals surface area contributed by atoms with E-state index >= 15 is 0 Å². The van der Waals surface area contributed by atoms with Gasteiger partial charge in [-0.15, -0.1) is 0 Å². The number of carbonyl (C=O) groups is 1. The van der Waals surface area contributed by atoms with E-state index in [1.54, 1.807) is 12.1 Å². The van der Waals surface area contributed by atoms with Gasteiger partial charge in [-0.3, -0.25) is 4.79 Å². The van der Waals surface area contributed by atoms with Crippen LogP contribution in [-0.2, 0) is 0 Å². The minimum absolute atomic E-state index is 0.0891. The molecule has 4 heteroatoms. The predicted molar refractivity (Wildman–Crippen MR) is 74.1 cm³/mol. The fraction of sp³-hybridized carbons (Fsp3) is 0.571. The van der Waals surface area contributed by atoms with Crippen LogP contribution in [0.4, 0.5) is 5.82 Å². The third-order valence-corrected chi connectivity index (χ3v) is 3.26. The van der Waals surface area contributed by atoms with E-state index in [2.05, 4.69) is 38.0 Å². The van der Waals surface area contributed by atoms with E-state index in [9.17, 15) is 4.79 Å². The predicted octanol–water partition coefficient (Wildman–Crippen LogP) is 2.32.